The normalized spacial score (nSPS) is 18.4. The van der Waals surface area contributed by atoms with Crippen LogP contribution >= 0.6 is 0 Å². The average Bonchev–Trinajstić information content (AvgIpc) is 2.53. The Hall–Kier alpha value is -3.33. The summed E-state index contributed by atoms with van der Waals surface area (Å²) >= 11 is 0. The first-order valence-corrected chi connectivity index (χ1v) is 6.98. The van der Waals surface area contributed by atoms with Gasteiger partial charge in [-0.3, -0.25) is 10.5 Å². The van der Waals surface area contributed by atoms with E-state index in [1.807, 2.05) is 0 Å². The van der Waals surface area contributed by atoms with Crippen molar-refractivity contribution in [2.24, 2.45) is 22.2 Å². The second-order valence-electron chi connectivity index (χ2n) is 4.90. The van der Waals surface area contributed by atoms with Gasteiger partial charge in [-0.15, -0.1) is 0 Å². The molecule has 1 heterocycles. The highest BCUT2D eigenvalue weighted by Gasteiger charge is 2.25. The maximum Gasteiger partial charge on any atom is 0.333 e. The molecule has 9 heteroatoms. The Kier molecular flexibility index (Phi) is 5.17. The SMILES string of the molecule is NC(N)=NCC(=O)Oc1ccccc1C(=O)NC1(N)C=CC=CN1. The molecule has 1 aliphatic rings. The topological polar surface area (TPSA) is 158 Å². The molecule has 0 aromatic heterocycles. The van der Waals surface area contributed by atoms with Gasteiger partial charge in [0.25, 0.3) is 5.91 Å². The van der Waals surface area contributed by atoms with Crippen molar-refractivity contribution in [1.82, 2.24) is 10.6 Å². The highest BCUT2D eigenvalue weighted by atomic mass is 16.5. The summed E-state index contributed by atoms with van der Waals surface area (Å²) in [6, 6.07) is 6.25. The summed E-state index contributed by atoms with van der Waals surface area (Å²) in [5, 5.41) is 5.42. The fraction of sp³-hybridized carbons (Fsp3) is 0.133. The molecule has 2 rings (SSSR count). The number of hydrogen-bond acceptors (Lipinski definition) is 6. The molecular formula is C15H18N6O3. The number of esters is 1. The molecule has 24 heavy (non-hydrogen) atoms. The molecule has 0 radical (unpaired) electrons. The van der Waals surface area contributed by atoms with Gasteiger partial charge in [0, 0.05) is 0 Å². The third-order valence-electron chi connectivity index (χ3n) is 2.96. The van der Waals surface area contributed by atoms with Crippen molar-refractivity contribution in [1.29, 1.82) is 0 Å². The lowest BCUT2D eigenvalue weighted by Gasteiger charge is -2.29. The van der Waals surface area contributed by atoms with Crippen LogP contribution in [0.5, 0.6) is 5.75 Å². The zero-order valence-electron chi connectivity index (χ0n) is 12.7. The number of benzene rings is 1. The average molecular weight is 330 g/mol. The largest absolute Gasteiger partial charge is 0.424 e. The first kappa shape index (κ1) is 17.0. The van der Waals surface area contributed by atoms with Crippen LogP contribution in [0.25, 0.3) is 0 Å². The molecule has 8 N–H and O–H groups in total. The van der Waals surface area contributed by atoms with Crippen LogP contribution in [0.2, 0.25) is 0 Å². The van der Waals surface area contributed by atoms with Gasteiger partial charge in [0.1, 0.15) is 12.3 Å². The molecule has 1 aliphatic heterocycles. The van der Waals surface area contributed by atoms with Gasteiger partial charge in [-0.1, -0.05) is 18.2 Å². The summed E-state index contributed by atoms with van der Waals surface area (Å²) in [6.07, 6.45) is 6.61. The van der Waals surface area contributed by atoms with Crippen molar-refractivity contribution in [3.8, 4) is 5.75 Å². The summed E-state index contributed by atoms with van der Waals surface area (Å²) in [6.45, 7) is -0.353. The van der Waals surface area contributed by atoms with E-state index >= 15 is 0 Å². The Bertz CT molecular complexity index is 724. The lowest BCUT2D eigenvalue weighted by atomic mass is 10.1. The molecule has 1 aromatic carbocycles. The molecule has 0 fully saturated rings. The lowest BCUT2D eigenvalue weighted by molar-refractivity contribution is -0.132. The molecule has 1 amide bonds. The van der Waals surface area contributed by atoms with Crippen molar-refractivity contribution in [3.05, 3.63) is 54.3 Å². The molecule has 0 spiro atoms. The number of rotatable bonds is 5. The van der Waals surface area contributed by atoms with E-state index in [0.29, 0.717) is 0 Å². The van der Waals surface area contributed by atoms with Gasteiger partial charge in [0.2, 0.25) is 0 Å². The van der Waals surface area contributed by atoms with Gasteiger partial charge < -0.3 is 26.8 Å². The Labute approximate surface area is 138 Å². The Morgan fingerprint density at radius 2 is 2.00 bits per heavy atom. The number of ether oxygens (including phenoxy) is 1. The van der Waals surface area contributed by atoms with Crippen LogP contribution in [-0.2, 0) is 4.79 Å². The van der Waals surface area contributed by atoms with Gasteiger partial charge in [0.15, 0.2) is 11.7 Å². The Morgan fingerprint density at radius 3 is 2.67 bits per heavy atom. The number of carbonyl (C=O) groups excluding carboxylic acids is 2. The van der Waals surface area contributed by atoms with E-state index in [1.165, 1.54) is 12.1 Å². The lowest BCUT2D eigenvalue weighted by Crippen LogP contribution is -2.63. The summed E-state index contributed by atoms with van der Waals surface area (Å²) < 4.78 is 5.13. The number of nitrogens with zero attached hydrogens (tertiary/aromatic N) is 1. The summed E-state index contributed by atoms with van der Waals surface area (Å²) in [5.41, 5.74) is 16.4. The minimum absolute atomic E-state index is 0.0738. The van der Waals surface area contributed by atoms with Gasteiger partial charge in [-0.2, -0.15) is 0 Å². The smallest absolute Gasteiger partial charge is 0.333 e. The van der Waals surface area contributed by atoms with Gasteiger partial charge in [0.05, 0.1) is 5.56 Å². The predicted octanol–water partition coefficient (Wildman–Crippen LogP) is -1.12. The van der Waals surface area contributed by atoms with Crippen LogP contribution in [0.3, 0.4) is 0 Å². The predicted molar refractivity (Wildman–Crippen MR) is 88.6 cm³/mol. The Balaban J connectivity index is 2.11. The minimum Gasteiger partial charge on any atom is -0.424 e. The standard InChI is InChI=1S/C15H18N6O3/c16-14(17)19-9-12(22)24-11-6-2-1-5-10(11)13(23)21-15(18)7-3-4-8-20-15/h1-8,20H,9,18H2,(H,21,23)(H4,16,17,19). The van der Waals surface area contributed by atoms with E-state index in [1.54, 1.807) is 36.6 Å². The molecule has 1 atom stereocenters. The van der Waals surface area contributed by atoms with Crippen LogP contribution in [0.4, 0.5) is 0 Å². The minimum atomic E-state index is -1.23. The maximum absolute atomic E-state index is 12.4. The third-order valence-corrected chi connectivity index (χ3v) is 2.96. The highest BCUT2D eigenvalue weighted by Crippen LogP contribution is 2.19. The quantitative estimate of drug-likeness (QED) is 0.150. The highest BCUT2D eigenvalue weighted by molar-refractivity contribution is 5.98. The number of amides is 1. The maximum atomic E-state index is 12.4. The number of allylic oxidation sites excluding steroid dienone is 2. The van der Waals surface area contributed by atoms with Gasteiger partial charge in [-0.05, 0) is 30.5 Å². The molecule has 9 nitrogen and oxygen atoms in total. The monoisotopic (exact) mass is 330 g/mol. The summed E-state index contributed by atoms with van der Waals surface area (Å²) in [5.74, 6) is -2.61. The molecule has 0 bridgehead atoms. The van der Waals surface area contributed by atoms with E-state index in [2.05, 4.69) is 15.6 Å². The van der Waals surface area contributed by atoms with E-state index in [4.69, 9.17) is 21.9 Å². The molecule has 1 aromatic rings. The number of carbonyl (C=O) groups is 2. The first-order valence-electron chi connectivity index (χ1n) is 6.98. The number of aliphatic imine (C=N–C) groups is 1. The molecule has 1 unspecified atom stereocenters. The van der Waals surface area contributed by atoms with Crippen LogP contribution in [0, 0.1) is 0 Å². The molecule has 0 saturated heterocycles. The van der Waals surface area contributed by atoms with Crippen LogP contribution < -0.4 is 32.6 Å². The van der Waals surface area contributed by atoms with Crippen molar-refractivity contribution in [2.45, 2.75) is 5.79 Å². The second kappa shape index (κ2) is 7.29. The summed E-state index contributed by atoms with van der Waals surface area (Å²) in [7, 11) is 0. The fourth-order valence-electron chi connectivity index (χ4n) is 1.88. The van der Waals surface area contributed by atoms with Gasteiger partial charge in [-0.25, -0.2) is 9.79 Å². The molecular weight excluding hydrogens is 312 g/mol. The molecule has 126 valence electrons. The number of nitrogens with one attached hydrogen (secondary N) is 2. The van der Waals surface area contributed by atoms with E-state index < -0.39 is 17.7 Å². The third kappa shape index (κ3) is 4.58. The van der Waals surface area contributed by atoms with E-state index in [9.17, 15) is 9.59 Å². The number of guanidine groups is 1. The summed E-state index contributed by atoms with van der Waals surface area (Å²) in [4.78, 5) is 27.7. The van der Waals surface area contributed by atoms with Crippen molar-refractivity contribution in [2.75, 3.05) is 6.54 Å². The molecule has 0 aliphatic carbocycles. The number of dihydropyridines is 1. The number of hydrogen-bond donors (Lipinski definition) is 5. The number of nitrogens with two attached hydrogens (primary N) is 3. The van der Waals surface area contributed by atoms with E-state index in [0.717, 1.165) is 0 Å². The van der Waals surface area contributed by atoms with Crippen molar-refractivity contribution < 1.29 is 14.3 Å². The second-order valence-corrected chi connectivity index (χ2v) is 4.90. The van der Waals surface area contributed by atoms with Crippen LogP contribution in [0.15, 0.2) is 53.7 Å². The Morgan fingerprint density at radius 1 is 1.25 bits per heavy atom. The zero-order valence-corrected chi connectivity index (χ0v) is 12.7. The first-order chi connectivity index (χ1) is 11.4. The fourth-order valence-corrected chi connectivity index (χ4v) is 1.88. The van der Waals surface area contributed by atoms with Crippen molar-refractivity contribution in [3.63, 3.8) is 0 Å². The van der Waals surface area contributed by atoms with Gasteiger partial charge >= 0.3 is 5.97 Å². The molecule has 0 saturated carbocycles. The number of para-hydroxylation sites is 1. The zero-order chi connectivity index (χ0) is 17.6. The van der Waals surface area contributed by atoms with E-state index in [-0.39, 0.29) is 23.8 Å². The van der Waals surface area contributed by atoms with Crippen LogP contribution in [-0.4, -0.2) is 30.2 Å². The van der Waals surface area contributed by atoms with Crippen LogP contribution in [0.1, 0.15) is 10.4 Å². The van der Waals surface area contributed by atoms with Crippen molar-refractivity contribution >= 4 is 17.8 Å².